The van der Waals surface area contributed by atoms with E-state index in [1.165, 1.54) is 16.8 Å². The van der Waals surface area contributed by atoms with E-state index in [1.54, 1.807) is 0 Å². The third-order valence-corrected chi connectivity index (χ3v) is 2.86. The van der Waals surface area contributed by atoms with Gasteiger partial charge in [0.2, 0.25) is 0 Å². The van der Waals surface area contributed by atoms with Gasteiger partial charge in [-0.15, -0.1) is 0 Å². The zero-order valence-corrected chi connectivity index (χ0v) is 7.89. The zero-order valence-electron chi connectivity index (χ0n) is 7.89. The molecule has 0 amide bonds. The molecule has 1 aliphatic carbocycles. The normalized spacial score (nSPS) is 33.1. The number of hydrogen-bond donors (Lipinski definition) is 1. The maximum Gasteiger partial charge on any atom is 0.0371 e. The molecule has 0 aromatic rings. The van der Waals surface area contributed by atoms with Crippen LogP contribution in [0.15, 0.2) is 35.1 Å². The van der Waals surface area contributed by atoms with E-state index >= 15 is 0 Å². The third-order valence-electron chi connectivity index (χ3n) is 2.86. The van der Waals surface area contributed by atoms with Gasteiger partial charge in [-0.3, -0.25) is 0 Å². The van der Waals surface area contributed by atoms with Crippen molar-refractivity contribution < 1.29 is 0 Å². The highest BCUT2D eigenvalue weighted by atomic mass is 15.0. The summed E-state index contributed by atoms with van der Waals surface area (Å²) in [6, 6.07) is 0.616. The van der Waals surface area contributed by atoms with Gasteiger partial charge in [-0.2, -0.15) is 0 Å². The van der Waals surface area contributed by atoms with E-state index < -0.39 is 0 Å². The van der Waals surface area contributed by atoms with Crippen molar-refractivity contribution in [1.29, 1.82) is 0 Å². The first-order valence-corrected chi connectivity index (χ1v) is 4.52. The average molecular weight is 161 g/mol. The van der Waals surface area contributed by atoms with Crippen LogP contribution < -0.4 is 5.32 Å². The molecule has 0 saturated carbocycles. The van der Waals surface area contributed by atoms with Gasteiger partial charge >= 0.3 is 0 Å². The monoisotopic (exact) mass is 161 g/mol. The summed E-state index contributed by atoms with van der Waals surface area (Å²) in [5.41, 5.74) is 4.17. The summed E-state index contributed by atoms with van der Waals surface area (Å²) in [6.45, 7) is 6.58. The number of rotatable bonds is 0. The van der Waals surface area contributed by atoms with Gasteiger partial charge in [-0.05, 0) is 32.4 Å². The zero-order chi connectivity index (χ0) is 8.72. The summed E-state index contributed by atoms with van der Waals surface area (Å²) in [6.07, 6.45) is 6.76. The molecule has 0 aromatic heterocycles. The van der Waals surface area contributed by atoms with Gasteiger partial charge in [0, 0.05) is 17.7 Å². The van der Waals surface area contributed by atoms with E-state index in [-0.39, 0.29) is 0 Å². The maximum atomic E-state index is 3.40. The minimum Gasteiger partial charge on any atom is -0.384 e. The van der Waals surface area contributed by atoms with Gasteiger partial charge in [0.15, 0.2) is 0 Å². The molecule has 2 aliphatic rings. The smallest absolute Gasteiger partial charge is 0.0371 e. The van der Waals surface area contributed by atoms with Crippen LogP contribution in [0.4, 0.5) is 0 Å². The summed E-state index contributed by atoms with van der Waals surface area (Å²) in [5, 5.41) is 3.40. The highest BCUT2D eigenvalue weighted by molar-refractivity contribution is 5.41. The van der Waals surface area contributed by atoms with Crippen molar-refractivity contribution in [3.8, 4) is 0 Å². The summed E-state index contributed by atoms with van der Waals surface area (Å²) in [4.78, 5) is 0. The van der Waals surface area contributed by atoms with Crippen molar-refractivity contribution in [3.05, 3.63) is 35.1 Å². The standard InChI is InChI=1S/C11H15N/c1-7-4-5-11-10(6-8(7)2)9(3)12-11/h4-6,9-10,12H,1-3H3/t9-,10?/m1/s1. The average Bonchev–Trinajstić information content (AvgIpc) is 2.15. The Labute approximate surface area is 73.9 Å². The number of nitrogens with one attached hydrogen (secondary N) is 1. The van der Waals surface area contributed by atoms with Crippen molar-refractivity contribution in [1.82, 2.24) is 5.32 Å². The Balaban J connectivity index is 2.33. The van der Waals surface area contributed by atoms with Crippen molar-refractivity contribution in [2.75, 3.05) is 0 Å². The van der Waals surface area contributed by atoms with Crippen LogP contribution in [0.5, 0.6) is 0 Å². The molecule has 1 heteroatoms. The van der Waals surface area contributed by atoms with Gasteiger partial charge in [0.05, 0.1) is 0 Å². The van der Waals surface area contributed by atoms with Crippen LogP contribution in [0, 0.1) is 5.92 Å². The Hall–Kier alpha value is -0.980. The van der Waals surface area contributed by atoms with Gasteiger partial charge in [0.25, 0.3) is 0 Å². The predicted molar refractivity (Wildman–Crippen MR) is 51.7 cm³/mol. The van der Waals surface area contributed by atoms with Gasteiger partial charge in [0.1, 0.15) is 0 Å². The Bertz CT molecular complexity index is 294. The third kappa shape index (κ3) is 1.01. The van der Waals surface area contributed by atoms with Crippen LogP contribution in [-0.2, 0) is 0 Å². The van der Waals surface area contributed by atoms with Crippen molar-refractivity contribution in [2.45, 2.75) is 26.8 Å². The Kier molecular flexibility index (Phi) is 1.60. The van der Waals surface area contributed by atoms with Crippen LogP contribution in [0.2, 0.25) is 0 Å². The summed E-state index contributed by atoms with van der Waals surface area (Å²) in [5.74, 6) is 0.638. The van der Waals surface area contributed by atoms with Crippen LogP contribution >= 0.6 is 0 Å². The van der Waals surface area contributed by atoms with Crippen LogP contribution in [-0.4, -0.2) is 6.04 Å². The van der Waals surface area contributed by atoms with Gasteiger partial charge < -0.3 is 5.32 Å². The van der Waals surface area contributed by atoms with Gasteiger partial charge in [-0.1, -0.05) is 17.7 Å². The summed E-state index contributed by atoms with van der Waals surface area (Å²) >= 11 is 0. The number of fused-ring (bicyclic) bond motifs is 1. The second kappa shape index (κ2) is 2.51. The molecule has 0 bridgehead atoms. The van der Waals surface area contributed by atoms with E-state index in [4.69, 9.17) is 0 Å². The molecule has 1 nitrogen and oxygen atoms in total. The lowest BCUT2D eigenvalue weighted by molar-refractivity contribution is 0.387. The molecule has 0 radical (unpaired) electrons. The minimum absolute atomic E-state index is 0.616. The molecule has 2 rings (SSSR count). The second-order valence-corrected chi connectivity index (χ2v) is 3.78. The molecular formula is C11H15N. The number of hydrogen-bond acceptors (Lipinski definition) is 1. The molecule has 1 N–H and O–H groups in total. The van der Waals surface area contributed by atoms with E-state index in [0.29, 0.717) is 12.0 Å². The van der Waals surface area contributed by atoms with Crippen molar-refractivity contribution >= 4 is 0 Å². The first-order chi connectivity index (χ1) is 5.68. The molecular weight excluding hydrogens is 146 g/mol. The second-order valence-electron chi connectivity index (χ2n) is 3.78. The molecule has 12 heavy (non-hydrogen) atoms. The van der Waals surface area contributed by atoms with E-state index in [0.717, 1.165) is 0 Å². The highest BCUT2D eigenvalue weighted by Gasteiger charge is 2.30. The van der Waals surface area contributed by atoms with Crippen molar-refractivity contribution in [3.63, 3.8) is 0 Å². The fraction of sp³-hybridized carbons (Fsp3) is 0.455. The molecule has 2 atom stereocenters. The van der Waals surface area contributed by atoms with E-state index in [2.05, 4.69) is 44.3 Å². The molecule has 1 saturated heterocycles. The lowest BCUT2D eigenvalue weighted by atomic mass is 9.87. The van der Waals surface area contributed by atoms with Gasteiger partial charge in [-0.25, -0.2) is 0 Å². The summed E-state index contributed by atoms with van der Waals surface area (Å²) < 4.78 is 0. The lowest BCUT2D eigenvalue weighted by Crippen LogP contribution is -2.47. The molecule has 64 valence electrons. The van der Waals surface area contributed by atoms with Crippen LogP contribution in [0.1, 0.15) is 20.8 Å². The highest BCUT2D eigenvalue weighted by Crippen LogP contribution is 2.30. The lowest BCUT2D eigenvalue weighted by Gasteiger charge is -2.37. The first kappa shape index (κ1) is 7.66. The molecule has 1 unspecified atom stereocenters. The van der Waals surface area contributed by atoms with E-state index in [9.17, 15) is 0 Å². The number of allylic oxidation sites excluding steroid dienone is 4. The SMILES string of the molecule is CC1=CC=C2N[C@H](C)C2C=C1C. The fourth-order valence-electron chi connectivity index (χ4n) is 1.76. The quantitative estimate of drug-likeness (QED) is 0.575. The predicted octanol–water partition coefficient (Wildman–Crippen LogP) is 2.38. The molecule has 1 heterocycles. The molecule has 1 fully saturated rings. The van der Waals surface area contributed by atoms with Crippen LogP contribution in [0.25, 0.3) is 0 Å². The molecule has 0 spiro atoms. The van der Waals surface area contributed by atoms with E-state index in [1.807, 2.05) is 0 Å². The fourth-order valence-corrected chi connectivity index (χ4v) is 1.76. The largest absolute Gasteiger partial charge is 0.384 e. The summed E-state index contributed by atoms with van der Waals surface area (Å²) in [7, 11) is 0. The maximum absolute atomic E-state index is 3.40. The molecule has 1 aliphatic heterocycles. The molecule has 0 aromatic carbocycles. The Morgan fingerprint density at radius 1 is 1.17 bits per heavy atom. The Morgan fingerprint density at radius 3 is 2.58 bits per heavy atom. The first-order valence-electron chi connectivity index (χ1n) is 4.52. The van der Waals surface area contributed by atoms with Crippen LogP contribution in [0.3, 0.4) is 0 Å². The van der Waals surface area contributed by atoms with Crippen molar-refractivity contribution in [2.24, 2.45) is 5.92 Å². The Morgan fingerprint density at radius 2 is 1.92 bits per heavy atom. The minimum atomic E-state index is 0.616. The topological polar surface area (TPSA) is 12.0 Å².